The third-order valence-electron chi connectivity index (χ3n) is 2.43. The summed E-state index contributed by atoms with van der Waals surface area (Å²) in [6.07, 6.45) is 13.4. The molecule has 0 aliphatic heterocycles. The van der Waals surface area contributed by atoms with Gasteiger partial charge in [0.2, 0.25) is 0 Å². The summed E-state index contributed by atoms with van der Waals surface area (Å²) < 4.78 is 0. The minimum atomic E-state index is -0.0821. The molecule has 0 radical (unpaired) electrons. The van der Waals surface area contributed by atoms with E-state index in [1.165, 1.54) is 12.2 Å². The van der Waals surface area contributed by atoms with E-state index in [2.05, 4.69) is 9.97 Å². The van der Waals surface area contributed by atoms with Crippen molar-refractivity contribution in [2.24, 2.45) is 0 Å². The maximum atomic E-state index is 11.6. The maximum Gasteiger partial charge on any atom is 0.178 e. The van der Waals surface area contributed by atoms with Gasteiger partial charge in [0.25, 0.3) is 0 Å². The van der Waals surface area contributed by atoms with Gasteiger partial charge in [-0.25, -0.2) is 0 Å². The summed E-state index contributed by atoms with van der Waals surface area (Å²) >= 11 is 0. The van der Waals surface area contributed by atoms with Crippen LogP contribution in [0, 0.1) is 0 Å². The van der Waals surface area contributed by atoms with Crippen molar-refractivity contribution in [2.45, 2.75) is 0 Å². The fourth-order valence-electron chi connectivity index (χ4n) is 1.48. The first-order chi connectivity index (χ1) is 9.84. The Morgan fingerprint density at radius 3 is 2.05 bits per heavy atom. The molecule has 2 rings (SSSR count). The van der Waals surface area contributed by atoms with Gasteiger partial charge in [-0.05, 0) is 48.6 Å². The normalized spacial score (nSPS) is 11.6. The third-order valence-corrected chi connectivity index (χ3v) is 2.43. The Morgan fingerprint density at radius 1 is 0.800 bits per heavy atom. The maximum absolute atomic E-state index is 11.6. The van der Waals surface area contributed by atoms with Crippen molar-refractivity contribution in [3.05, 3.63) is 84.5 Å². The third kappa shape index (κ3) is 4.82. The van der Waals surface area contributed by atoms with Crippen molar-refractivity contribution < 1.29 is 4.79 Å². The van der Waals surface area contributed by atoms with Crippen molar-refractivity contribution in [2.75, 3.05) is 0 Å². The van der Waals surface area contributed by atoms with Gasteiger partial charge in [0.05, 0.1) is 11.4 Å². The summed E-state index contributed by atoms with van der Waals surface area (Å²) in [6, 6.07) is 11.2. The van der Waals surface area contributed by atoms with Gasteiger partial charge >= 0.3 is 0 Å². The van der Waals surface area contributed by atoms with Gasteiger partial charge < -0.3 is 0 Å². The monoisotopic (exact) mass is 262 g/mol. The van der Waals surface area contributed by atoms with Gasteiger partial charge in [0.1, 0.15) is 0 Å². The molecule has 0 aromatic carbocycles. The van der Waals surface area contributed by atoms with E-state index in [1.807, 2.05) is 42.5 Å². The van der Waals surface area contributed by atoms with Crippen LogP contribution in [0.3, 0.4) is 0 Å². The first-order valence-corrected chi connectivity index (χ1v) is 6.23. The molecule has 2 aromatic rings. The molecule has 98 valence electrons. The molecule has 0 atom stereocenters. The minimum Gasteiger partial charge on any atom is -0.290 e. The van der Waals surface area contributed by atoms with E-state index >= 15 is 0 Å². The van der Waals surface area contributed by atoms with Crippen LogP contribution in [-0.2, 0) is 4.79 Å². The van der Waals surface area contributed by atoms with Crippen LogP contribution < -0.4 is 0 Å². The Hall–Kier alpha value is -2.81. The second kappa shape index (κ2) is 7.59. The molecule has 3 nitrogen and oxygen atoms in total. The quantitative estimate of drug-likeness (QED) is 0.613. The zero-order valence-corrected chi connectivity index (χ0v) is 10.9. The lowest BCUT2D eigenvalue weighted by atomic mass is 10.2. The van der Waals surface area contributed by atoms with Crippen molar-refractivity contribution in [3.8, 4) is 0 Å². The summed E-state index contributed by atoms with van der Waals surface area (Å²) in [6.45, 7) is 0. The first kappa shape index (κ1) is 13.6. The zero-order valence-electron chi connectivity index (χ0n) is 10.9. The lowest BCUT2D eigenvalue weighted by Gasteiger charge is -1.89. The number of rotatable bonds is 5. The number of pyridine rings is 2. The predicted octanol–water partition coefficient (Wildman–Crippen LogP) is 3.33. The predicted molar refractivity (Wildman–Crippen MR) is 80.7 cm³/mol. The minimum absolute atomic E-state index is 0.0821. The van der Waals surface area contributed by atoms with Crippen LogP contribution in [0.2, 0.25) is 0 Å². The Bertz CT molecular complexity index is 629. The number of allylic oxidation sites excluding steroid dienone is 4. The zero-order chi connectivity index (χ0) is 14.0. The first-order valence-electron chi connectivity index (χ1n) is 6.23. The van der Waals surface area contributed by atoms with Gasteiger partial charge in [-0.15, -0.1) is 0 Å². The van der Waals surface area contributed by atoms with Crippen molar-refractivity contribution >= 4 is 17.9 Å². The van der Waals surface area contributed by atoms with Crippen LogP contribution in [-0.4, -0.2) is 15.8 Å². The van der Waals surface area contributed by atoms with Gasteiger partial charge in [0.15, 0.2) is 5.78 Å². The fourth-order valence-corrected chi connectivity index (χ4v) is 1.48. The van der Waals surface area contributed by atoms with Crippen LogP contribution in [0.4, 0.5) is 0 Å². The molecule has 0 amide bonds. The Morgan fingerprint density at radius 2 is 1.45 bits per heavy atom. The summed E-state index contributed by atoms with van der Waals surface area (Å²) in [5.74, 6) is -0.0821. The summed E-state index contributed by atoms with van der Waals surface area (Å²) in [7, 11) is 0. The highest BCUT2D eigenvalue weighted by molar-refractivity contribution is 6.02. The molecular weight excluding hydrogens is 248 g/mol. The Kier molecular flexibility index (Phi) is 5.17. The number of carbonyl (C=O) groups is 1. The number of hydrogen-bond donors (Lipinski definition) is 0. The number of carbonyl (C=O) groups excluding carboxylic acids is 1. The standard InChI is InChI=1S/C17H14N2O/c20-17(12-11-16-9-4-6-14-19-16)10-2-1-7-15-8-3-5-13-18-15/h1-14H/b7-1+,10-2+,12-11+. The van der Waals surface area contributed by atoms with E-state index in [9.17, 15) is 4.79 Å². The average Bonchev–Trinajstić information content (AvgIpc) is 2.52. The molecule has 0 aliphatic rings. The van der Waals surface area contributed by atoms with Crippen LogP contribution in [0.15, 0.2) is 73.1 Å². The van der Waals surface area contributed by atoms with E-state index in [1.54, 1.807) is 30.6 Å². The Labute approximate surface area is 118 Å². The summed E-state index contributed by atoms with van der Waals surface area (Å²) in [4.78, 5) is 19.8. The molecule has 0 saturated heterocycles. The SMILES string of the molecule is O=C(/C=C/C=C/c1ccccn1)/C=C/c1ccccn1. The fraction of sp³-hybridized carbons (Fsp3) is 0. The molecule has 0 N–H and O–H groups in total. The lowest BCUT2D eigenvalue weighted by Crippen LogP contribution is -1.85. The number of ketones is 1. The van der Waals surface area contributed by atoms with Crippen LogP contribution >= 0.6 is 0 Å². The number of aromatic nitrogens is 2. The van der Waals surface area contributed by atoms with Crippen molar-refractivity contribution in [1.82, 2.24) is 9.97 Å². The molecule has 2 heterocycles. The second-order valence-electron chi connectivity index (χ2n) is 3.96. The molecular formula is C17H14N2O. The van der Waals surface area contributed by atoms with Gasteiger partial charge in [-0.1, -0.05) is 24.3 Å². The van der Waals surface area contributed by atoms with E-state index in [0.717, 1.165) is 11.4 Å². The van der Waals surface area contributed by atoms with Crippen molar-refractivity contribution in [1.29, 1.82) is 0 Å². The van der Waals surface area contributed by atoms with Gasteiger partial charge in [-0.2, -0.15) is 0 Å². The topological polar surface area (TPSA) is 42.9 Å². The molecule has 0 saturated carbocycles. The lowest BCUT2D eigenvalue weighted by molar-refractivity contribution is -0.110. The smallest absolute Gasteiger partial charge is 0.178 e. The van der Waals surface area contributed by atoms with Gasteiger partial charge in [0, 0.05) is 12.4 Å². The molecule has 0 bridgehead atoms. The highest BCUT2D eigenvalue weighted by atomic mass is 16.1. The largest absolute Gasteiger partial charge is 0.290 e. The highest BCUT2D eigenvalue weighted by Crippen LogP contribution is 1.98. The van der Waals surface area contributed by atoms with E-state index in [0.29, 0.717) is 0 Å². The molecule has 0 spiro atoms. The number of nitrogens with zero attached hydrogens (tertiary/aromatic N) is 2. The van der Waals surface area contributed by atoms with Crippen molar-refractivity contribution in [3.63, 3.8) is 0 Å². The van der Waals surface area contributed by atoms with Crippen LogP contribution in [0.5, 0.6) is 0 Å². The van der Waals surface area contributed by atoms with Gasteiger partial charge in [-0.3, -0.25) is 14.8 Å². The summed E-state index contributed by atoms with van der Waals surface area (Å²) in [5, 5.41) is 0. The summed E-state index contributed by atoms with van der Waals surface area (Å²) in [5.41, 5.74) is 1.62. The molecule has 0 aliphatic carbocycles. The Balaban J connectivity index is 1.87. The van der Waals surface area contributed by atoms with E-state index in [4.69, 9.17) is 0 Å². The number of hydrogen-bond acceptors (Lipinski definition) is 3. The molecule has 20 heavy (non-hydrogen) atoms. The van der Waals surface area contributed by atoms with Crippen LogP contribution in [0.25, 0.3) is 12.2 Å². The van der Waals surface area contributed by atoms with Crippen LogP contribution in [0.1, 0.15) is 11.4 Å². The van der Waals surface area contributed by atoms with E-state index < -0.39 is 0 Å². The van der Waals surface area contributed by atoms with E-state index in [-0.39, 0.29) is 5.78 Å². The second-order valence-corrected chi connectivity index (χ2v) is 3.96. The molecule has 3 heteroatoms. The molecule has 0 unspecified atom stereocenters. The molecule has 2 aromatic heterocycles. The average molecular weight is 262 g/mol. The highest BCUT2D eigenvalue weighted by Gasteiger charge is 1.89. The molecule has 0 fully saturated rings.